The average Bonchev–Trinajstić information content (AvgIpc) is 3.62. The number of aromatic nitrogens is 1. The first-order valence-corrected chi connectivity index (χ1v) is 12.3. The van der Waals surface area contributed by atoms with Gasteiger partial charge in [0.25, 0.3) is 5.91 Å². The summed E-state index contributed by atoms with van der Waals surface area (Å²) < 4.78 is 5.32. The molecule has 35 heavy (non-hydrogen) atoms. The predicted molar refractivity (Wildman–Crippen MR) is 138 cm³/mol. The van der Waals surface area contributed by atoms with E-state index in [0.29, 0.717) is 24.6 Å². The van der Waals surface area contributed by atoms with Crippen LogP contribution in [0, 0.1) is 12.8 Å². The van der Waals surface area contributed by atoms with Crippen LogP contribution in [0.15, 0.2) is 42.5 Å². The third-order valence-electron chi connectivity index (χ3n) is 6.66. The van der Waals surface area contributed by atoms with E-state index in [-0.39, 0.29) is 11.8 Å². The second-order valence-corrected chi connectivity index (χ2v) is 9.86. The van der Waals surface area contributed by atoms with Gasteiger partial charge in [0, 0.05) is 24.0 Å². The van der Waals surface area contributed by atoms with Gasteiger partial charge in [-0.15, -0.1) is 0 Å². The number of aromatic amines is 1. The summed E-state index contributed by atoms with van der Waals surface area (Å²) in [7, 11) is 5.70. The number of hydrogen-bond acceptors (Lipinski definition) is 4. The summed E-state index contributed by atoms with van der Waals surface area (Å²) in [6.45, 7) is 3.22. The van der Waals surface area contributed by atoms with Crippen molar-refractivity contribution in [3.05, 3.63) is 64.8 Å². The molecule has 1 aliphatic carbocycles. The number of fused-ring (bicyclic) bond motifs is 1. The molecule has 1 fully saturated rings. The molecule has 0 bridgehead atoms. The summed E-state index contributed by atoms with van der Waals surface area (Å²) in [6, 6.07) is 13.4. The van der Waals surface area contributed by atoms with Crippen molar-refractivity contribution >= 4 is 22.7 Å². The number of nitrogens with zero attached hydrogens (tertiary/aromatic N) is 1. The van der Waals surface area contributed by atoms with Crippen molar-refractivity contribution in [3.63, 3.8) is 0 Å². The highest BCUT2D eigenvalue weighted by Crippen LogP contribution is 2.34. The van der Waals surface area contributed by atoms with Crippen LogP contribution in [0.1, 0.15) is 52.9 Å². The van der Waals surface area contributed by atoms with Gasteiger partial charge in [0.15, 0.2) is 0 Å². The SMILES string of the molecule is COc1ccc2[nH]c(C(=O)NC(CCC3CC3)C(=O)NCc3ccc(CN(C)C)cc3)c(C)c2c1. The maximum atomic E-state index is 13.2. The number of benzene rings is 2. The van der Waals surface area contributed by atoms with Gasteiger partial charge in [0.2, 0.25) is 5.91 Å². The Morgan fingerprint density at radius 3 is 2.49 bits per heavy atom. The van der Waals surface area contributed by atoms with Crippen molar-refractivity contribution in [1.82, 2.24) is 20.5 Å². The zero-order valence-electron chi connectivity index (χ0n) is 21.1. The van der Waals surface area contributed by atoms with E-state index >= 15 is 0 Å². The first-order chi connectivity index (χ1) is 16.8. The molecule has 1 aromatic heterocycles. The lowest BCUT2D eigenvalue weighted by molar-refractivity contribution is -0.123. The Labute approximate surface area is 207 Å². The Morgan fingerprint density at radius 2 is 1.83 bits per heavy atom. The van der Waals surface area contributed by atoms with Crippen molar-refractivity contribution in [2.45, 2.75) is 51.7 Å². The molecule has 0 aliphatic heterocycles. The van der Waals surface area contributed by atoms with Gasteiger partial charge >= 0.3 is 0 Å². The fraction of sp³-hybridized carbons (Fsp3) is 0.429. The Hall–Kier alpha value is -3.32. The van der Waals surface area contributed by atoms with E-state index in [1.807, 2.05) is 51.4 Å². The number of rotatable bonds is 11. The fourth-order valence-electron chi connectivity index (χ4n) is 4.41. The molecule has 4 rings (SSSR count). The lowest BCUT2D eigenvalue weighted by Gasteiger charge is -2.19. The second kappa shape index (κ2) is 11.0. The van der Waals surface area contributed by atoms with Crippen molar-refractivity contribution in [2.24, 2.45) is 5.92 Å². The van der Waals surface area contributed by atoms with Crippen LogP contribution in [0.2, 0.25) is 0 Å². The Kier molecular flexibility index (Phi) is 7.76. The topological polar surface area (TPSA) is 86.5 Å². The molecule has 1 saturated carbocycles. The van der Waals surface area contributed by atoms with Crippen LogP contribution in [0.5, 0.6) is 5.75 Å². The molecular formula is C28H36N4O3. The maximum Gasteiger partial charge on any atom is 0.268 e. The largest absolute Gasteiger partial charge is 0.497 e. The van der Waals surface area contributed by atoms with Crippen LogP contribution in [-0.2, 0) is 17.9 Å². The van der Waals surface area contributed by atoms with Gasteiger partial charge in [-0.25, -0.2) is 0 Å². The molecule has 3 N–H and O–H groups in total. The quantitative estimate of drug-likeness (QED) is 0.388. The lowest BCUT2D eigenvalue weighted by Crippen LogP contribution is -2.46. The van der Waals surface area contributed by atoms with Gasteiger partial charge < -0.3 is 25.3 Å². The average molecular weight is 477 g/mol. The standard InChI is InChI=1S/C28H36N4O3/c1-18-23-15-22(35-4)12-14-24(23)30-26(18)28(34)31-25(13-11-19-5-6-19)27(33)29-16-20-7-9-21(10-8-20)17-32(2)3/h7-10,12,14-15,19,25,30H,5-6,11,13,16-17H2,1-4H3,(H,29,33)(H,31,34). The van der Waals surface area contributed by atoms with Gasteiger partial charge in [-0.3, -0.25) is 9.59 Å². The number of H-pyrrole nitrogens is 1. The number of methoxy groups -OCH3 is 1. The molecule has 186 valence electrons. The lowest BCUT2D eigenvalue weighted by atomic mass is 10.1. The highest BCUT2D eigenvalue weighted by atomic mass is 16.5. The van der Waals surface area contributed by atoms with E-state index < -0.39 is 6.04 Å². The number of nitrogens with one attached hydrogen (secondary N) is 3. The van der Waals surface area contributed by atoms with Gasteiger partial charge in [-0.1, -0.05) is 37.1 Å². The number of ether oxygens (including phenoxy) is 1. The van der Waals surface area contributed by atoms with Crippen LogP contribution in [0.3, 0.4) is 0 Å². The first-order valence-electron chi connectivity index (χ1n) is 12.3. The number of carbonyl (C=O) groups excluding carboxylic acids is 2. The maximum absolute atomic E-state index is 13.2. The molecule has 0 saturated heterocycles. The van der Waals surface area contributed by atoms with Crippen molar-refractivity contribution < 1.29 is 14.3 Å². The zero-order chi connectivity index (χ0) is 24.9. The van der Waals surface area contributed by atoms with E-state index in [9.17, 15) is 9.59 Å². The molecule has 0 radical (unpaired) electrons. The minimum atomic E-state index is -0.573. The minimum absolute atomic E-state index is 0.146. The van der Waals surface area contributed by atoms with Gasteiger partial charge in [-0.2, -0.15) is 0 Å². The molecule has 1 unspecified atom stereocenters. The van der Waals surface area contributed by atoms with E-state index in [2.05, 4.69) is 32.7 Å². The highest BCUT2D eigenvalue weighted by molar-refractivity contribution is 6.02. The van der Waals surface area contributed by atoms with Gasteiger partial charge in [-0.05, 0) is 74.7 Å². The molecule has 1 aliphatic rings. The third kappa shape index (κ3) is 6.42. The number of hydrogen-bond donors (Lipinski definition) is 3. The summed E-state index contributed by atoms with van der Waals surface area (Å²) in [6.07, 6.45) is 4.01. The van der Waals surface area contributed by atoms with Crippen LogP contribution in [-0.4, -0.2) is 48.9 Å². The van der Waals surface area contributed by atoms with E-state index in [1.54, 1.807) is 7.11 Å². The van der Waals surface area contributed by atoms with Crippen LogP contribution in [0.4, 0.5) is 0 Å². The van der Waals surface area contributed by atoms with Crippen LogP contribution < -0.4 is 15.4 Å². The molecule has 1 heterocycles. The summed E-state index contributed by atoms with van der Waals surface area (Å²) in [5, 5.41) is 6.96. The molecule has 1 atom stereocenters. The molecule has 0 spiro atoms. The van der Waals surface area contributed by atoms with Crippen molar-refractivity contribution in [1.29, 1.82) is 0 Å². The van der Waals surface area contributed by atoms with E-state index in [4.69, 9.17) is 4.74 Å². The highest BCUT2D eigenvalue weighted by Gasteiger charge is 2.28. The summed E-state index contributed by atoms with van der Waals surface area (Å²) >= 11 is 0. The van der Waals surface area contributed by atoms with Crippen LogP contribution >= 0.6 is 0 Å². The Balaban J connectivity index is 1.42. The molecule has 7 nitrogen and oxygen atoms in total. The molecule has 3 aromatic rings. The normalized spacial score (nSPS) is 14.2. The number of amides is 2. The van der Waals surface area contributed by atoms with Gasteiger partial charge in [0.05, 0.1) is 7.11 Å². The Morgan fingerprint density at radius 1 is 1.11 bits per heavy atom. The van der Waals surface area contributed by atoms with Gasteiger partial charge in [0.1, 0.15) is 17.5 Å². The molecule has 2 aromatic carbocycles. The first kappa shape index (κ1) is 24.8. The van der Waals surface area contributed by atoms with E-state index in [1.165, 1.54) is 18.4 Å². The zero-order valence-corrected chi connectivity index (χ0v) is 21.1. The molecule has 2 amide bonds. The smallest absolute Gasteiger partial charge is 0.268 e. The van der Waals surface area contributed by atoms with E-state index in [0.717, 1.165) is 40.7 Å². The second-order valence-electron chi connectivity index (χ2n) is 9.86. The van der Waals surface area contributed by atoms with Crippen molar-refractivity contribution in [2.75, 3.05) is 21.2 Å². The van der Waals surface area contributed by atoms with Crippen molar-refractivity contribution in [3.8, 4) is 5.75 Å². The van der Waals surface area contributed by atoms with Crippen LogP contribution in [0.25, 0.3) is 10.9 Å². The predicted octanol–water partition coefficient (Wildman–Crippen LogP) is 4.15. The third-order valence-corrected chi connectivity index (χ3v) is 6.66. The summed E-state index contributed by atoms with van der Waals surface area (Å²) in [4.78, 5) is 31.6. The molecule has 7 heteroatoms. The number of carbonyl (C=O) groups is 2. The fourth-order valence-corrected chi connectivity index (χ4v) is 4.41. The molecular weight excluding hydrogens is 440 g/mol. The number of aryl methyl sites for hydroxylation is 1. The minimum Gasteiger partial charge on any atom is -0.497 e. The Bertz CT molecular complexity index is 1180. The summed E-state index contributed by atoms with van der Waals surface area (Å²) in [5.74, 6) is 1.00. The summed E-state index contributed by atoms with van der Waals surface area (Å²) in [5.41, 5.74) is 4.45. The monoisotopic (exact) mass is 476 g/mol.